The second-order valence-corrected chi connectivity index (χ2v) is 5.81. The lowest BCUT2D eigenvalue weighted by Gasteiger charge is -2.08. The molecule has 0 aliphatic heterocycles. The Kier molecular flexibility index (Phi) is 5.50. The first-order valence-electron chi connectivity index (χ1n) is 8.34. The van der Waals surface area contributed by atoms with E-state index in [0.717, 1.165) is 5.56 Å². The normalized spacial score (nSPS) is 10.4. The van der Waals surface area contributed by atoms with Gasteiger partial charge in [0, 0.05) is 30.4 Å². The number of hydrogen-bond donors (Lipinski definition) is 4. The van der Waals surface area contributed by atoms with Crippen molar-refractivity contribution in [3.63, 3.8) is 0 Å². The quantitative estimate of drug-likeness (QED) is 0.466. The smallest absolute Gasteiger partial charge is 0.255 e. The Bertz CT molecular complexity index is 995. The highest BCUT2D eigenvalue weighted by molar-refractivity contribution is 5.99. The van der Waals surface area contributed by atoms with Gasteiger partial charge in [-0.05, 0) is 19.1 Å². The van der Waals surface area contributed by atoms with Gasteiger partial charge in [0.05, 0.1) is 24.6 Å². The molecule has 4 N–H and O–H groups in total. The van der Waals surface area contributed by atoms with E-state index in [9.17, 15) is 9.59 Å². The van der Waals surface area contributed by atoms with Crippen molar-refractivity contribution >= 4 is 11.9 Å². The van der Waals surface area contributed by atoms with Gasteiger partial charge in [-0.2, -0.15) is 5.10 Å². The molecule has 140 valence electrons. The molecule has 9 nitrogen and oxygen atoms in total. The van der Waals surface area contributed by atoms with Crippen molar-refractivity contribution in [2.45, 2.75) is 6.92 Å². The molecule has 0 saturated heterocycles. The first-order valence-corrected chi connectivity index (χ1v) is 8.34. The summed E-state index contributed by atoms with van der Waals surface area (Å²) in [5.74, 6) is 0.806. The second-order valence-electron chi connectivity index (χ2n) is 5.81. The topological polar surface area (TPSA) is 125 Å². The van der Waals surface area contributed by atoms with Crippen LogP contribution >= 0.6 is 0 Å². The summed E-state index contributed by atoms with van der Waals surface area (Å²) >= 11 is 0. The minimum Gasteiger partial charge on any atom is -0.497 e. The highest BCUT2D eigenvalue weighted by Crippen LogP contribution is 2.24. The molecule has 0 saturated carbocycles. The molecule has 3 rings (SSSR count). The Labute approximate surface area is 155 Å². The molecule has 0 bridgehead atoms. The van der Waals surface area contributed by atoms with Crippen LogP contribution in [-0.4, -0.2) is 46.3 Å². The number of hydrogen-bond acceptors (Lipinski definition) is 6. The SMILES string of the molecule is COc1cccc(-c2[nH]ncc2C(=O)NCCNc2nc(C)cc(=O)[nH]2)c1. The largest absolute Gasteiger partial charge is 0.497 e. The highest BCUT2D eigenvalue weighted by Gasteiger charge is 2.15. The summed E-state index contributed by atoms with van der Waals surface area (Å²) in [6.07, 6.45) is 1.48. The molecule has 0 unspecified atom stereocenters. The van der Waals surface area contributed by atoms with Gasteiger partial charge in [0.25, 0.3) is 11.5 Å². The molecule has 0 radical (unpaired) electrons. The Morgan fingerprint density at radius 2 is 2.11 bits per heavy atom. The van der Waals surface area contributed by atoms with E-state index < -0.39 is 0 Å². The third-order valence-corrected chi connectivity index (χ3v) is 3.82. The number of methoxy groups -OCH3 is 1. The molecule has 2 heterocycles. The number of aryl methyl sites for hydroxylation is 1. The average Bonchev–Trinajstić information content (AvgIpc) is 3.14. The monoisotopic (exact) mass is 368 g/mol. The van der Waals surface area contributed by atoms with Crippen LogP contribution in [0.3, 0.4) is 0 Å². The third kappa shape index (κ3) is 4.51. The number of H-pyrrole nitrogens is 2. The number of rotatable bonds is 7. The van der Waals surface area contributed by atoms with Gasteiger partial charge in [-0.25, -0.2) is 4.98 Å². The predicted molar refractivity (Wildman–Crippen MR) is 101 cm³/mol. The lowest BCUT2D eigenvalue weighted by Crippen LogP contribution is -2.29. The fourth-order valence-corrected chi connectivity index (χ4v) is 2.57. The molecule has 0 spiro atoms. The molecule has 27 heavy (non-hydrogen) atoms. The van der Waals surface area contributed by atoms with Gasteiger partial charge in [-0.1, -0.05) is 12.1 Å². The number of carbonyl (C=O) groups excluding carboxylic acids is 1. The Balaban J connectivity index is 1.60. The zero-order chi connectivity index (χ0) is 19.2. The van der Waals surface area contributed by atoms with Gasteiger partial charge in [0.15, 0.2) is 0 Å². The summed E-state index contributed by atoms with van der Waals surface area (Å²) in [6.45, 7) is 2.49. The van der Waals surface area contributed by atoms with Crippen LogP contribution < -0.4 is 20.9 Å². The van der Waals surface area contributed by atoms with Crippen LogP contribution in [0.2, 0.25) is 0 Å². The Morgan fingerprint density at radius 3 is 2.89 bits per heavy atom. The molecule has 1 amide bonds. The lowest BCUT2D eigenvalue weighted by atomic mass is 10.1. The summed E-state index contributed by atoms with van der Waals surface area (Å²) in [4.78, 5) is 30.6. The minimum absolute atomic E-state index is 0.227. The van der Waals surface area contributed by atoms with E-state index >= 15 is 0 Å². The maximum Gasteiger partial charge on any atom is 0.255 e. The van der Waals surface area contributed by atoms with E-state index in [0.29, 0.717) is 41.7 Å². The molecule has 0 atom stereocenters. The second kappa shape index (κ2) is 8.17. The first-order chi connectivity index (χ1) is 13.1. The van der Waals surface area contributed by atoms with Crippen molar-refractivity contribution in [1.82, 2.24) is 25.5 Å². The summed E-state index contributed by atoms with van der Waals surface area (Å²) in [5, 5.41) is 12.6. The number of ether oxygens (including phenoxy) is 1. The lowest BCUT2D eigenvalue weighted by molar-refractivity contribution is 0.0956. The third-order valence-electron chi connectivity index (χ3n) is 3.82. The van der Waals surface area contributed by atoms with E-state index in [1.807, 2.05) is 24.3 Å². The molecule has 1 aromatic carbocycles. The van der Waals surface area contributed by atoms with Crippen molar-refractivity contribution in [2.75, 3.05) is 25.5 Å². The molecule has 0 aliphatic rings. The van der Waals surface area contributed by atoms with Gasteiger partial charge in [-0.3, -0.25) is 19.7 Å². The van der Waals surface area contributed by atoms with Crippen molar-refractivity contribution in [3.8, 4) is 17.0 Å². The van der Waals surface area contributed by atoms with E-state index in [1.165, 1.54) is 12.3 Å². The number of nitrogens with one attached hydrogen (secondary N) is 4. The summed E-state index contributed by atoms with van der Waals surface area (Å²) in [6, 6.07) is 8.77. The van der Waals surface area contributed by atoms with Crippen molar-refractivity contribution < 1.29 is 9.53 Å². The number of amides is 1. The standard InChI is InChI=1S/C18H20N6O3/c1-11-8-15(25)23-18(22-11)20-7-6-19-17(26)14-10-21-24-16(14)12-4-3-5-13(9-12)27-2/h3-5,8-10H,6-7H2,1-2H3,(H,19,26)(H,21,24)(H2,20,22,23,25). The number of nitrogens with zero attached hydrogens (tertiary/aromatic N) is 2. The van der Waals surface area contributed by atoms with Crippen LogP contribution in [0.1, 0.15) is 16.1 Å². The zero-order valence-corrected chi connectivity index (χ0v) is 15.0. The van der Waals surface area contributed by atoms with Crippen LogP contribution in [0, 0.1) is 6.92 Å². The predicted octanol–water partition coefficient (Wildman–Crippen LogP) is 1.32. The van der Waals surface area contributed by atoms with Gasteiger partial charge in [-0.15, -0.1) is 0 Å². The summed E-state index contributed by atoms with van der Waals surface area (Å²) in [5.41, 5.74) is 2.24. The number of aromatic amines is 2. The minimum atomic E-state index is -0.255. The van der Waals surface area contributed by atoms with Crippen molar-refractivity contribution in [1.29, 1.82) is 0 Å². The fourth-order valence-electron chi connectivity index (χ4n) is 2.57. The van der Waals surface area contributed by atoms with Crippen molar-refractivity contribution in [3.05, 3.63) is 58.1 Å². The average molecular weight is 368 g/mol. The van der Waals surface area contributed by atoms with Crippen LogP contribution in [0.5, 0.6) is 5.75 Å². The van der Waals surface area contributed by atoms with E-state index in [4.69, 9.17) is 4.74 Å². The van der Waals surface area contributed by atoms with Gasteiger partial charge in [0.1, 0.15) is 5.75 Å². The molecular weight excluding hydrogens is 348 g/mol. The summed E-state index contributed by atoms with van der Waals surface area (Å²) in [7, 11) is 1.59. The summed E-state index contributed by atoms with van der Waals surface area (Å²) < 4.78 is 5.22. The first kappa shape index (κ1) is 18.2. The molecule has 3 aromatic rings. The van der Waals surface area contributed by atoms with Crippen LogP contribution in [0.15, 0.2) is 41.3 Å². The highest BCUT2D eigenvalue weighted by atomic mass is 16.5. The maximum atomic E-state index is 12.5. The number of anilines is 1. The number of aromatic nitrogens is 4. The molecule has 9 heteroatoms. The van der Waals surface area contributed by atoms with E-state index in [1.54, 1.807) is 14.0 Å². The van der Waals surface area contributed by atoms with Gasteiger partial charge >= 0.3 is 0 Å². The van der Waals surface area contributed by atoms with Crippen LogP contribution in [0.25, 0.3) is 11.3 Å². The molecule has 0 fully saturated rings. The fraction of sp³-hybridized carbons (Fsp3) is 0.222. The van der Waals surface area contributed by atoms with Crippen molar-refractivity contribution in [2.24, 2.45) is 0 Å². The zero-order valence-electron chi connectivity index (χ0n) is 15.0. The van der Waals surface area contributed by atoms with Gasteiger partial charge < -0.3 is 15.4 Å². The maximum absolute atomic E-state index is 12.5. The number of carbonyl (C=O) groups is 1. The van der Waals surface area contributed by atoms with E-state index in [-0.39, 0.29) is 11.5 Å². The molecule has 2 aromatic heterocycles. The molecular formula is C18H20N6O3. The molecule has 0 aliphatic carbocycles. The Hall–Kier alpha value is -3.62. The van der Waals surface area contributed by atoms with Crippen LogP contribution in [0.4, 0.5) is 5.95 Å². The Morgan fingerprint density at radius 1 is 1.26 bits per heavy atom. The number of benzene rings is 1. The van der Waals surface area contributed by atoms with E-state index in [2.05, 4.69) is 30.8 Å². The van der Waals surface area contributed by atoms with Gasteiger partial charge in [0.2, 0.25) is 5.95 Å². The van der Waals surface area contributed by atoms with Crippen LogP contribution in [-0.2, 0) is 0 Å².